The molecule has 1 fully saturated rings. The van der Waals surface area contributed by atoms with E-state index in [2.05, 4.69) is 4.99 Å². The Kier molecular flexibility index (Phi) is 3.53. The molecule has 3 rings (SSSR count). The number of aliphatic hydroxyl groups excluding tert-OH is 1. The van der Waals surface area contributed by atoms with Gasteiger partial charge in [0.25, 0.3) is 0 Å². The monoisotopic (exact) mass is 278 g/mol. The van der Waals surface area contributed by atoms with E-state index in [0.717, 1.165) is 0 Å². The first-order valence-electron chi connectivity index (χ1n) is 6.73. The second-order valence-electron chi connectivity index (χ2n) is 5.15. The van der Waals surface area contributed by atoms with E-state index in [1.807, 2.05) is 6.08 Å². The Hall–Kier alpha value is -1.75. The molecule has 2 atom stereocenters. The highest BCUT2D eigenvalue weighted by Gasteiger charge is 2.27. The molecule has 106 valence electrons. The standard InChI is InChI=1S/C15H16F2N2O/c16-10-3-4-12(15(20)13-2-1-6-18-13)14(8-10)19-7-5-11(17)9-19/h1,3-4,6,8,11,15,20H,2,5,7,9H2/t11-,15?/m0/s1. The Labute approximate surface area is 116 Å². The third kappa shape index (κ3) is 2.45. The molecule has 0 bridgehead atoms. The van der Waals surface area contributed by atoms with Crippen LogP contribution in [0.2, 0.25) is 0 Å². The maximum absolute atomic E-state index is 13.5. The van der Waals surface area contributed by atoms with Crippen molar-refractivity contribution in [1.82, 2.24) is 0 Å². The first-order chi connectivity index (χ1) is 9.65. The lowest BCUT2D eigenvalue weighted by atomic mass is 10.0. The molecular formula is C15H16F2N2O. The van der Waals surface area contributed by atoms with Gasteiger partial charge in [-0.25, -0.2) is 8.78 Å². The van der Waals surface area contributed by atoms with E-state index in [0.29, 0.717) is 36.3 Å². The smallest absolute Gasteiger partial charge is 0.125 e. The van der Waals surface area contributed by atoms with Crippen molar-refractivity contribution < 1.29 is 13.9 Å². The molecule has 3 nitrogen and oxygen atoms in total. The first-order valence-corrected chi connectivity index (χ1v) is 6.73. The van der Waals surface area contributed by atoms with Crippen LogP contribution in [-0.2, 0) is 0 Å². The molecule has 20 heavy (non-hydrogen) atoms. The van der Waals surface area contributed by atoms with Crippen molar-refractivity contribution in [2.75, 3.05) is 18.0 Å². The van der Waals surface area contributed by atoms with Crippen LogP contribution in [0.25, 0.3) is 0 Å². The molecule has 1 saturated heterocycles. The fourth-order valence-electron chi connectivity index (χ4n) is 2.69. The number of nitrogens with zero attached hydrogens (tertiary/aromatic N) is 2. The molecule has 0 amide bonds. The Morgan fingerprint density at radius 3 is 2.90 bits per heavy atom. The molecule has 0 saturated carbocycles. The van der Waals surface area contributed by atoms with Gasteiger partial charge >= 0.3 is 0 Å². The summed E-state index contributed by atoms with van der Waals surface area (Å²) in [5.41, 5.74) is 1.78. The third-order valence-corrected chi connectivity index (χ3v) is 3.75. The molecule has 0 aliphatic carbocycles. The van der Waals surface area contributed by atoms with Gasteiger partial charge in [-0.3, -0.25) is 4.99 Å². The average molecular weight is 278 g/mol. The van der Waals surface area contributed by atoms with Gasteiger partial charge in [-0.05, 0) is 18.6 Å². The number of benzene rings is 1. The van der Waals surface area contributed by atoms with Crippen molar-refractivity contribution >= 4 is 11.4 Å². The number of aliphatic imine (C=N–C) groups is 1. The van der Waals surface area contributed by atoms with Gasteiger partial charge in [-0.1, -0.05) is 12.1 Å². The van der Waals surface area contributed by atoms with Crippen LogP contribution in [-0.4, -0.2) is 30.1 Å². The van der Waals surface area contributed by atoms with Crippen molar-refractivity contribution in [2.45, 2.75) is 25.1 Å². The minimum Gasteiger partial charge on any atom is -0.382 e. The summed E-state index contributed by atoms with van der Waals surface area (Å²) in [6.45, 7) is 0.781. The van der Waals surface area contributed by atoms with Gasteiger partial charge in [0.15, 0.2) is 0 Å². The SMILES string of the molecule is OC(C1=NC=CC1)c1ccc(F)cc1N1CC[C@H](F)C1. The molecule has 0 spiro atoms. The summed E-state index contributed by atoms with van der Waals surface area (Å²) in [7, 11) is 0. The number of halogens is 2. The van der Waals surface area contributed by atoms with Crippen LogP contribution < -0.4 is 4.90 Å². The quantitative estimate of drug-likeness (QED) is 0.923. The van der Waals surface area contributed by atoms with Gasteiger partial charge in [-0.2, -0.15) is 0 Å². The van der Waals surface area contributed by atoms with Crippen LogP contribution in [0.1, 0.15) is 24.5 Å². The maximum Gasteiger partial charge on any atom is 0.125 e. The highest BCUT2D eigenvalue weighted by atomic mass is 19.1. The Bertz CT molecular complexity index is 571. The molecular weight excluding hydrogens is 262 g/mol. The third-order valence-electron chi connectivity index (χ3n) is 3.75. The average Bonchev–Trinajstić information content (AvgIpc) is 3.09. The van der Waals surface area contributed by atoms with Gasteiger partial charge in [0.2, 0.25) is 0 Å². The molecule has 2 aliphatic rings. The number of hydrogen-bond acceptors (Lipinski definition) is 3. The van der Waals surface area contributed by atoms with Crippen LogP contribution in [0.3, 0.4) is 0 Å². The van der Waals surface area contributed by atoms with E-state index in [9.17, 15) is 13.9 Å². The van der Waals surface area contributed by atoms with Crippen LogP contribution in [0.5, 0.6) is 0 Å². The van der Waals surface area contributed by atoms with Crippen LogP contribution >= 0.6 is 0 Å². The molecule has 5 heteroatoms. The summed E-state index contributed by atoms with van der Waals surface area (Å²) >= 11 is 0. The number of hydrogen-bond donors (Lipinski definition) is 1. The number of alkyl halides is 1. The minimum atomic E-state index is -0.895. The molecule has 1 aromatic rings. The molecule has 2 heterocycles. The zero-order valence-corrected chi connectivity index (χ0v) is 11.0. The normalized spacial score (nSPS) is 23.2. The topological polar surface area (TPSA) is 35.8 Å². The number of aliphatic hydroxyl groups is 1. The van der Waals surface area contributed by atoms with Gasteiger partial charge < -0.3 is 10.0 Å². The minimum absolute atomic E-state index is 0.244. The molecule has 1 aromatic carbocycles. The summed E-state index contributed by atoms with van der Waals surface area (Å²) in [6.07, 6.45) is 2.76. The van der Waals surface area contributed by atoms with Crippen molar-refractivity contribution in [1.29, 1.82) is 0 Å². The van der Waals surface area contributed by atoms with E-state index in [-0.39, 0.29) is 12.4 Å². The zero-order chi connectivity index (χ0) is 14.1. The summed E-state index contributed by atoms with van der Waals surface area (Å²) in [5.74, 6) is -0.384. The van der Waals surface area contributed by atoms with E-state index < -0.39 is 12.3 Å². The predicted molar refractivity (Wildman–Crippen MR) is 74.3 cm³/mol. The van der Waals surface area contributed by atoms with Crippen molar-refractivity contribution in [3.8, 4) is 0 Å². The van der Waals surface area contributed by atoms with Gasteiger partial charge in [0.1, 0.15) is 18.1 Å². The van der Waals surface area contributed by atoms with Gasteiger partial charge in [0.05, 0.1) is 5.71 Å². The van der Waals surface area contributed by atoms with Crippen LogP contribution in [0.4, 0.5) is 14.5 Å². The molecule has 0 aromatic heterocycles. The van der Waals surface area contributed by atoms with Crippen molar-refractivity contribution in [3.63, 3.8) is 0 Å². The van der Waals surface area contributed by atoms with Crippen molar-refractivity contribution in [3.05, 3.63) is 41.9 Å². The molecule has 1 unspecified atom stereocenters. The fourth-order valence-corrected chi connectivity index (χ4v) is 2.69. The lowest BCUT2D eigenvalue weighted by molar-refractivity contribution is 0.246. The summed E-state index contributed by atoms with van der Waals surface area (Å²) < 4.78 is 26.9. The van der Waals surface area contributed by atoms with Gasteiger partial charge in [-0.15, -0.1) is 0 Å². The highest BCUT2D eigenvalue weighted by molar-refractivity contribution is 5.93. The fraction of sp³-hybridized carbons (Fsp3) is 0.400. The lowest BCUT2D eigenvalue weighted by Gasteiger charge is -2.24. The van der Waals surface area contributed by atoms with Gasteiger partial charge in [0, 0.05) is 37.0 Å². The van der Waals surface area contributed by atoms with E-state index in [1.165, 1.54) is 12.1 Å². The summed E-state index contributed by atoms with van der Waals surface area (Å²) in [4.78, 5) is 5.90. The second-order valence-corrected chi connectivity index (χ2v) is 5.15. The number of anilines is 1. The molecule has 1 N–H and O–H groups in total. The second kappa shape index (κ2) is 5.32. The van der Waals surface area contributed by atoms with E-state index >= 15 is 0 Å². The van der Waals surface area contributed by atoms with Crippen LogP contribution in [0, 0.1) is 5.82 Å². The zero-order valence-electron chi connectivity index (χ0n) is 11.0. The van der Waals surface area contributed by atoms with E-state index in [1.54, 1.807) is 17.2 Å². The largest absolute Gasteiger partial charge is 0.382 e. The maximum atomic E-state index is 13.5. The van der Waals surface area contributed by atoms with Crippen LogP contribution in [0.15, 0.2) is 35.5 Å². The molecule has 0 radical (unpaired) electrons. The summed E-state index contributed by atoms with van der Waals surface area (Å²) in [5, 5.41) is 10.4. The molecule has 2 aliphatic heterocycles. The number of allylic oxidation sites excluding steroid dienone is 1. The highest BCUT2D eigenvalue weighted by Crippen LogP contribution is 2.32. The summed E-state index contributed by atoms with van der Waals surface area (Å²) in [6, 6.07) is 4.23. The first kappa shape index (κ1) is 13.2. The van der Waals surface area contributed by atoms with Crippen molar-refractivity contribution in [2.24, 2.45) is 4.99 Å². The number of rotatable bonds is 3. The Morgan fingerprint density at radius 2 is 2.25 bits per heavy atom. The lowest BCUT2D eigenvalue weighted by Crippen LogP contribution is -2.23. The Balaban J connectivity index is 1.93. The predicted octanol–water partition coefficient (Wildman–Crippen LogP) is 2.77. The Morgan fingerprint density at radius 1 is 1.40 bits per heavy atom. The van der Waals surface area contributed by atoms with E-state index in [4.69, 9.17) is 0 Å².